The minimum atomic E-state index is -0.180. The summed E-state index contributed by atoms with van der Waals surface area (Å²) >= 11 is 1.48. The normalized spacial score (nSPS) is 11.2. The second-order valence-electron chi connectivity index (χ2n) is 6.81. The summed E-state index contributed by atoms with van der Waals surface area (Å²) in [5, 5.41) is 22.1. The van der Waals surface area contributed by atoms with Gasteiger partial charge in [-0.2, -0.15) is 4.68 Å². The molecule has 9 heteroatoms. The zero-order valence-electron chi connectivity index (χ0n) is 16.8. The highest BCUT2D eigenvalue weighted by Gasteiger charge is 2.21. The minimum absolute atomic E-state index is 0.0147. The molecule has 0 aliphatic carbocycles. The van der Waals surface area contributed by atoms with E-state index in [9.17, 15) is 9.90 Å². The lowest BCUT2D eigenvalue weighted by Crippen LogP contribution is -2.22. The largest absolute Gasteiger partial charge is 0.392 e. The minimum Gasteiger partial charge on any atom is -0.392 e. The Morgan fingerprint density at radius 1 is 1.03 bits per heavy atom. The lowest BCUT2D eigenvalue weighted by molar-refractivity contribution is 0.280. The molecule has 2 aromatic carbocycles. The monoisotopic (exact) mass is 422 g/mol. The van der Waals surface area contributed by atoms with E-state index in [1.54, 1.807) is 9.36 Å². The summed E-state index contributed by atoms with van der Waals surface area (Å²) in [6.07, 6.45) is 0.760. The first-order chi connectivity index (χ1) is 14.6. The highest BCUT2D eigenvalue weighted by molar-refractivity contribution is 7.99. The predicted octanol–water partition coefficient (Wildman–Crippen LogP) is 2.29. The summed E-state index contributed by atoms with van der Waals surface area (Å²) in [6, 6.07) is 17.3. The molecule has 0 atom stereocenters. The smallest absolute Gasteiger partial charge is 0.297 e. The molecule has 0 radical (unpaired) electrons. The molecule has 4 rings (SSSR count). The number of aromatic nitrogens is 6. The van der Waals surface area contributed by atoms with Gasteiger partial charge in [-0.1, -0.05) is 54.2 Å². The number of aliphatic hydroxyl groups excluding tert-OH is 1. The number of nitrogens with zero attached hydrogens (tertiary/aromatic N) is 6. The van der Waals surface area contributed by atoms with E-state index in [1.807, 2.05) is 68.6 Å². The third kappa shape index (κ3) is 3.69. The standard InChI is InChI=1S/C21H22N6O2S/c1-15-19(20(29)27(25(15)2)18-10-4-3-5-11-18)26-21(22-23-24-26)30-13-12-16-8-6-7-9-17(16)14-28/h3-11,28H,12-14H2,1-2H3. The van der Waals surface area contributed by atoms with Gasteiger partial charge in [0, 0.05) is 12.8 Å². The fourth-order valence-electron chi connectivity index (χ4n) is 3.42. The van der Waals surface area contributed by atoms with Gasteiger partial charge in [-0.05, 0) is 47.0 Å². The predicted molar refractivity (Wildman–Crippen MR) is 115 cm³/mol. The molecule has 8 nitrogen and oxygen atoms in total. The second kappa shape index (κ2) is 8.68. The molecule has 0 aliphatic heterocycles. The van der Waals surface area contributed by atoms with Crippen molar-refractivity contribution in [3.8, 4) is 11.4 Å². The number of aryl methyl sites for hydroxylation is 1. The number of thioether (sulfide) groups is 1. The Balaban J connectivity index is 1.62. The first-order valence-corrected chi connectivity index (χ1v) is 10.5. The number of para-hydroxylation sites is 1. The van der Waals surface area contributed by atoms with E-state index in [0.717, 1.165) is 34.7 Å². The van der Waals surface area contributed by atoms with Gasteiger partial charge in [-0.25, -0.2) is 4.68 Å². The summed E-state index contributed by atoms with van der Waals surface area (Å²) in [5.41, 5.74) is 3.81. The molecular formula is C21H22N6O2S. The average Bonchev–Trinajstić information content (AvgIpc) is 3.31. The van der Waals surface area contributed by atoms with Crippen LogP contribution < -0.4 is 5.56 Å². The summed E-state index contributed by atoms with van der Waals surface area (Å²) in [7, 11) is 1.84. The third-order valence-electron chi connectivity index (χ3n) is 5.07. The van der Waals surface area contributed by atoms with E-state index in [2.05, 4.69) is 15.5 Å². The van der Waals surface area contributed by atoms with E-state index in [-0.39, 0.29) is 12.2 Å². The molecule has 154 valence electrons. The fourth-order valence-corrected chi connectivity index (χ4v) is 4.26. The van der Waals surface area contributed by atoms with Crippen molar-refractivity contribution in [1.82, 2.24) is 29.6 Å². The van der Waals surface area contributed by atoms with E-state index >= 15 is 0 Å². The van der Waals surface area contributed by atoms with Crippen LogP contribution in [0.3, 0.4) is 0 Å². The molecule has 4 aromatic rings. The lowest BCUT2D eigenvalue weighted by Gasteiger charge is -2.07. The van der Waals surface area contributed by atoms with Crippen molar-refractivity contribution in [3.05, 3.63) is 81.8 Å². The summed E-state index contributed by atoms with van der Waals surface area (Å²) in [4.78, 5) is 13.2. The number of rotatable bonds is 7. The van der Waals surface area contributed by atoms with Gasteiger partial charge in [0.15, 0.2) is 5.69 Å². The fraction of sp³-hybridized carbons (Fsp3) is 0.238. The first-order valence-electron chi connectivity index (χ1n) is 9.55. The van der Waals surface area contributed by atoms with Gasteiger partial charge in [-0.15, -0.1) is 5.10 Å². The van der Waals surface area contributed by atoms with Crippen LogP contribution in [0.4, 0.5) is 0 Å². The van der Waals surface area contributed by atoms with Crippen LogP contribution in [0.15, 0.2) is 64.5 Å². The zero-order valence-corrected chi connectivity index (χ0v) is 17.6. The van der Waals surface area contributed by atoms with E-state index in [4.69, 9.17) is 0 Å². The molecule has 0 saturated heterocycles. The van der Waals surface area contributed by atoms with Gasteiger partial charge in [-0.3, -0.25) is 9.48 Å². The van der Waals surface area contributed by atoms with Crippen molar-refractivity contribution in [1.29, 1.82) is 0 Å². The van der Waals surface area contributed by atoms with Crippen molar-refractivity contribution in [2.45, 2.75) is 25.1 Å². The van der Waals surface area contributed by atoms with Crippen LogP contribution in [0.5, 0.6) is 0 Å². The molecule has 0 aliphatic rings. The van der Waals surface area contributed by atoms with E-state index in [0.29, 0.717) is 10.8 Å². The number of hydrogen-bond acceptors (Lipinski definition) is 6. The van der Waals surface area contributed by atoms with Gasteiger partial charge in [0.05, 0.1) is 18.0 Å². The number of benzene rings is 2. The molecule has 0 spiro atoms. The van der Waals surface area contributed by atoms with Crippen molar-refractivity contribution in [2.75, 3.05) is 5.75 Å². The van der Waals surface area contributed by atoms with E-state index in [1.165, 1.54) is 16.4 Å². The van der Waals surface area contributed by atoms with Gasteiger partial charge in [0.25, 0.3) is 5.56 Å². The van der Waals surface area contributed by atoms with Crippen LogP contribution in [0.1, 0.15) is 16.8 Å². The highest BCUT2D eigenvalue weighted by Crippen LogP contribution is 2.21. The lowest BCUT2D eigenvalue weighted by atomic mass is 10.1. The van der Waals surface area contributed by atoms with Gasteiger partial charge < -0.3 is 5.11 Å². The molecule has 0 unspecified atom stereocenters. The number of aliphatic hydroxyl groups is 1. The topological polar surface area (TPSA) is 90.8 Å². The summed E-state index contributed by atoms with van der Waals surface area (Å²) in [5.74, 6) is 0.718. The Hall–Kier alpha value is -3.17. The molecule has 2 heterocycles. The Kier molecular flexibility index (Phi) is 5.82. The molecular weight excluding hydrogens is 400 g/mol. The number of hydrogen-bond donors (Lipinski definition) is 1. The Labute approximate surface area is 177 Å². The Bertz CT molecular complexity index is 1210. The molecule has 0 bridgehead atoms. The van der Waals surface area contributed by atoms with Gasteiger partial charge >= 0.3 is 0 Å². The second-order valence-corrected chi connectivity index (χ2v) is 7.87. The average molecular weight is 423 g/mol. The molecule has 30 heavy (non-hydrogen) atoms. The summed E-state index contributed by atoms with van der Waals surface area (Å²) < 4.78 is 4.93. The molecule has 0 amide bonds. The maximum Gasteiger partial charge on any atom is 0.297 e. The van der Waals surface area contributed by atoms with Crippen molar-refractivity contribution < 1.29 is 5.11 Å². The third-order valence-corrected chi connectivity index (χ3v) is 5.99. The van der Waals surface area contributed by atoms with Gasteiger partial charge in [0.1, 0.15) is 0 Å². The maximum atomic E-state index is 13.2. The van der Waals surface area contributed by atoms with Crippen LogP contribution in [0.25, 0.3) is 11.4 Å². The summed E-state index contributed by atoms with van der Waals surface area (Å²) in [6.45, 7) is 1.89. The highest BCUT2D eigenvalue weighted by atomic mass is 32.2. The zero-order chi connectivity index (χ0) is 21.1. The van der Waals surface area contributed by atoms with Crippen LogP contribution >= 0.6 is 11.8 Å². The quantitative estimate of drug-likeness (QED) is 0.460. The van der Waals surface area contributed by atoms with Crippen LogP contribution in [0, 0.1) is 6.92 Å². The van der Waals surface area contributed by atoms with Crippen LogP contribution in [-0.2, 0) is 20.1 Å². The molecule has 0 fully saturated rings. The first kappa shape index (κ1) is 20.1. The molecule has 0 saturated carbocycles. The van der Waals surface area contributed by atoms with Crippen LogP contribution in [-0.4, -0.2) is 40.4 Å². The number of tetrazole rings is 1. The Morgan fingerprint density at radius 3 is 2.47 bits per heavy atom. The van der Waals surface area contributed by atoms with Crippen molar-refractivity contribution in [2.24, 2.45) is 7.05 Å². The SMILES string of the molecule is Cc1c(-n2nnnc2SCCc2ccccc2CO)c(=O)n(-c2ccccc2)n1C. The Morgan fingerprint density at radius 2 is 1.73 bits per heavy atom. The molecule has 1 N–H and O–H groups in total. The maximum absolute atomic E-state index is 13.2. The van der Waals surface area contributed by atoms with Crippen molar-refractivity contribution in [3.63, 3.8) is 0 Å². The van der Waals surface area contributed by atoms with Crippen molar-refractivity contribution >= 4 is 11.8 Å². The van der Waals surface area contributed by atoms with Crippen LogP contribution in [0.2, 0.25) is 0 Å². The van der Waals surface area contributed by atoms with E-state index < -0.39 is 0 Å². The van der Waals surface area contributed by atoms with Gasteiger partial charge in [0.2, 0.25) is 5.16 Å². The molecule has 2 aromatic heterocycles.